The lowest BCUT2D eigenvalue weighted by Gasteiger charge is -2.19. The highest BCUT2D eigenvalue weighted by molar-refractivity contribution is 6.36. The van der Waals surface area contributed by atoms with E-state index in [0.29, 0.717) is 32.9 Å². The molecule has 2 unspecified atom stereocenters. The van der Waals surface area contributed by atoms with Crippen molar-refractivity contribution in [3.05, 3.63) is 58.0 Å². The zero-order valence-electron chi connectivity index (χ0n) is 15.1. The number of rotatable bonds is 4. The SMILES string of the molecule is N#Cc1cnc2c(Cl)cc(NC3CCCC3Cl)cc2c1Nc1ccc(F)c(Cl)c1. The Morgan fingerprint density at radius 1 is 1.10 bits per heavy atom. The number of anilines is 3. The standard InChI is InChI=1S/C21H16Cl3FN4/c22-15-2-1-3-19(15)28-13-6-14-20(29-12-4-5-18(25)16(23)7-12)11(9-26)10-27-21(14)17(24)8-13/h4-8,10,15,19,28H,1-3H2,(H,27,29). The van der Waals surface area contributed by atoms with Crippen LogP contribution in [0.4, 0.5) is 21.5 Å². The molecule has 2 aromatic carbocycles. The molecule has 4 rings (SSSR count). The molecule has 1 saturated carbocycles. The van der Waals surface area contributed by atoms with Crippen molar-refractivity contribution >= 4 is 62.8 Å². The molecule has 29 heavy (non-hydrogen) atoms. The minimum Gasteiger partial charge on any atom is -0.381 e. The lowest BCUT2D eigenvalue weighted by molar-refractivity contribution is 0.628. The first kappa shape index (κ1) is 20.0. The van der Waals surface area contributed by atoms with Gasteiger partial charge in [0.2, 0.25) is 0 Å². The van der Waals surface area contributed by atoms with Crippen molar-refractivity contribution in [2.45, 2.75) is 30.7 Å². The molecule has 1 fully saturated rings. The van der Waals surface area contributed by atoms with Gasteiger partial charge in [0.25, 0.3) is 0 Å². The van der Waals surface area contributed by atoms with Crippen LogP contribution in [0.5, 0.6) is 0 Å². The highest BCUT2D eigenvalue weighted by atomic mass is 35.5. The zero-order chi connectivity index (χ0) is 20.5. The number of pyridine rings is 1. The Labute approximate surface area is 182 Å². The molecule has 2 atom stereocenters. The van der Waals surface area contributed by atoms with E-state index >= 15 is 0 Å². The molecule has 0 spiro atoms. The van der Waals surface area contributed by atoms with Crippen LogP contribution in [0.3, 0.4) is 0 Å². The summed E-state index contributed by atoms with van der Waals surface area (Å²) in [4.78, 5) is 4.34. The van der Waals surface area contributed by atoms with Crippen molar-refractivity contribution in [1.82, 2.24) is 4.98 Å². The van der Waals surface area contributed by atoms with Gasteiger partial charge in [-0.2, -0.15) is 5.26 Å². The second-order valence-electron chi connectivity index (χ2n) is 6.96. The van der Waals surface area contributed by atoms with Crippen LogP contribution in [0.25, 0.3) is 10.9 Å². The number of fused-ring (bicyclic) bond motifs is 1. The monoisotopic (exact) mass is 448 g/mol. The fourth-order valence-electron chi connectivity index (χ4n) is 3.57. The molecular weight excluding hydrogens is 434 g/mol. The van der Waals surface area contributed by atoms with Crippen molar-refractivity contribution in [3.8, 4) is 6.07 Å². The Balaban J connectivity index is 1.80. The number of nitrogens with one attached hydrogen (secondary N) is 2. The molecule has 0 radical (unpaired) electrons. The van der Waals surface area contributed by atoms with Crippen LogP contribution in [0.2, 0.25) is 10.0 Å². The van der Waals surface area contributed by atoms with Gasteiger partial charge < -0.3 is 10.6 Å². The number of hydrogen-bond donors (Lipinski definition) is 2. The van der Waals surface area contributed by atoms with E-state index < -0.39 is 5.82 Å². The molecule has 1 aliphatic carbocycles. The molecule has 1 heterocycles. The molecule has 0 amide bonds. The average molecular weight is 450 g/mol. The molecule has 148 valence electrons. The van der Waals surface area contributed by atoms with E-state index in [-0.39, 0.29) is 16.4 Å². The van der Waals surface area contributed by atoms with E-state index in [2.05, 4.69) is 21.7 Å². The summed E-state index contributed by atoms with van der Waals surface area (Å²) in [7, 11) is 0. The highest BCUT2D eigenvalue weighted by Gasteiger charge is 2.25. The van der Waals surface area contributed by atoms with Crippen molar-refractivity contribution in [2.24, 2.45) is 0 Å². The molecule has 1 aromatic heterocycles. The summed E-state index contributed by atoms with van der Waals surface area (Å²) in [5.41, 5.74) is 2.77. The molecule has 0 aliphatic heterocycles. The van der Waals surface area contributed by atoms with Gasteiger partial charge in [0.05, 0.1) is 32.2 Å². The summed E-state index contributed by atoms with van der Waals surface area (Å²) in [5, 5.41) is 17.4. The summed E-state index contributed by atoms with van der Waals surface area (Å²) in [6, 6.07) is 10.3. The van der Waals surface area contributed by atoms with Gasteiger partial charge in [0.1, 0.15) is 11.9 Å². The molecule has 3 aromatic rings. The Kier molecular flexibility index (Phi) is 5.69. The first-order valence-corrected chi connectivity index (χ1v) is 10.3. The Hall–Kier alpha value is -2.26. The fraction of sp³-hybridized carbons (Fsp3) is 0.238. The number of hydrogen-bond acceptors (Lipinski definition) is 4. The minimum absolute atomic E-state index is 0.0124. The van der Waals surface area contributed by atoms with E-state index in [9.17, 15) is 9.65 Å². The van der Waals surface area contributed by atoms with E-state index in [0.717, 1.165) is 24.9 Å². The lowest BCUT2D eigenvalue weighted by Crippen LogP contribution is -2.24. The predicted octanol–water partition coefficient (Wildman–Crippen LogP) is 6.87. The fourth-order valence-corrected chi connectivity index (χ4v) is 4.36. The molecular formula is C21H16Cl3FN4. The van der Waals surface area contributed by atoms with E-state index in [1.54, 1.807) is 6.07 Å². The number of halogens is 4. The molecule has 2 N–H and O–H groups in total. The summed E-state index contributed by atoms with van der Waals surface area (Å²) in [5.74, 6) is -0.515. The summed E-state index contributed by atoms with van der Waals surface area (Å²) >= 11 is 18.8. The Morgan fingerprint density at radius 2 is 1.90 bits per heavy atom. The van der Waals surface area contributed by atoms with Crippen LogP contribution in [0, 0.1) is 17.1 Å². The van der Waals surface area contributed by atoms with Crippen LogP contribution in [-0.4, -0.2) is 16.4 Å². The number of alkyl halides is 1. The van der Waals surface area contributed by atoms with Crippen molar-refractivity contribution in [2.75, 3.05) is 10.6 Å². The van der Waals surface area contributed by atoms with Crippen LogP contribution in [0.1, 0.15) is 24.8 Å². The molecule has 0 saturated heterocycles. The molecule has 1 aliphatic rings. The summed E-state index contributed by atoms with van der Waals surface area (Å²) in [6.45, 7) is 0. The normalized spacial score (nSPS) is 18.6. The van der Waals surface area contributed by atoms with Crippen LogP contribution in [0.15, 0.2) is 36.5 Å². The number of aromatic nitrogens is 1. The largest absolute Gasteiger partial charge is 0.381 e. The number of benzene rings is 2. The van der Waals surface area contributed by atoms with Gasteiger partial charge in [0, 0.05) is 29.0 Å². The van der Waals surface area contributed by atoms with Crippen molar-refractivity contribution in [1.29, 1.82) is 5.26 Å². The maximum absolute atomic E-state index is 13.5. The summed E-state index contributed by atoms with van der Waals surface area (Å²) in [6.07, 6.45) is 4.49. The van der Waals surface area contributed by atoms with Crippen molar-refractivity contribution in [3.63, 3.8) is 0 Å². The molecule has 4 nitrogen and oxygen atoms in total. The summed E-state index contributed by atoms with van der Waals surface area (Å²) < 4.78 is 13.5. The molecule has 0 bridgehead atoms. The lowest BCUT2D eigenvalue weighted by atomic mass is 10.1. The third-order valence-corrected chi connectivity index (χ3v) is 6.12. The Bertz CT molecular complexity index is 1130. The highest BCUT2D eigenvalue weighted by Crippen LogP contribution is 2.36. The maximum Gasteiger partial charge on any atom is 0.141 e. The van der Waals surface area contributed by atoms with Gasteiger partial charge >= 0.3 is 0 Å². The van der Waals surface area contributed by atoms with Gasteiger partial charge in [-0.05, 0) is 49.6 Å². The predicted molar refractivity (Wildman–Crippen MR) is 117 cm³/mol. The average Bonchev–Trinajstić information content (AvgIpc) is 3.10. The van der Waals surface area contributed by atoms with E-state index in [4.69, 9.17) is 34.8 Å². The third kappa shape index (κ3) is 4.06. The first-order chi connectivity index (χ1) is 14.0. The van der Waals surface area contributed by atoms with Gasteiger partial charge in [-0.25, -0.2) is 4.39 Å². The van der Waals surface area contributed by atoms with Crippen LogP contribution >= 0.6 is 34.8 Å². The van der Waals surface area contributed by atoms with Crippen LogP contribution < -0.4 is 10.6 Å². The quantitative estimate of drug-likeness (QED) is 0.427. The van der Waals surface area contributed by atoms with E-state index in [1.165, 1.54) is 18.3 Å². The van der Waals surface area contributed by atoms with E-state index in [1.807, 2.05) is 12.1 Å². The van der Waals surface area contributed by atoms with Gasteiger partial charge in [-0.1, -0.05) is 23.2 Å². The van der Waals surface area contributed by atoms with Crippen molar-refractivity contribution < 1.29 is 4.39 Å². The molecule has 8 heteroatoms. The maximum atomic E-state index is 13.5. The van der Waals surface area contributed by atoms with Gasteiger partial charge in [-0.3, -0.25) is 4.98 Å². The third-order valence-electron chi connectivity index (χ3n) is 5.02. The number of nitrogens with zero attached hydrogens (tertiary/aromatic N) is 2. The second-order valence-corrected chi connectivity index (χ2v) is 8.34. The van der Waals surface area contributed by atoms with Crippen LogP contribution in [-0.2, 0) is 0 Å². The zero-order valence-corrected chi connectivity index (χ0v) is 17.4. The van der Waals surface area contributed by atoms with Gasteiger partial charge in [0.15, 0.2) is 0 Å². The number of nitriles is 1. The smallest absolute Gasteiger partial charge is 0.141 e. The Morgan fingerprint density at radius 3 is 2.59 bits per heavy atom. The topological polar surface area (TPSA) is 60.7 Å². The second kappa shape index (κ2) is 8.23. The minimum atomic E-state index is -0.515. The van der Waals surface area contributed by atoms with Gasteiger partial charge in [-0.15, -0.1) is 11.6 Å². The first-order valence-electron chi connectivity index (χ1n) is 9.11.